The summed E-state index contributed by atoms with van der Waals surface area (Å²) < 4.78 is 0. The highest BCUT2D eigenvalue weighted by atomic mass is 79.9. The third-order valence-electron chi connectivity index (χ3n) is 1.44. The maximum absolute atomic E-state index is 3.41. The zero-order valence-corrected chi connectivity index (χ0v) is 7.56. The Morgan fingerprint density at radius 2 is 2.30 bits per heavy atom. The number of halogens is 1. The minimum Gasteiger partial charge on any atom is -0.0878 e. The minimum absolute atomic E-state index is 0.939. The van der Waals surface area contributed by atoms with E-state index in [9.17, 15) is 0 Å². The first-order valence-electron chi connectivity index (χ1n) is 3.31. The van der Waals surface area contributed by atoms with Gasteiger partial charge in [-0.2, -0.15) is 0 Å². The van der Waals surface area contributed by atoms with Crippen molar-refractivity contribution in [1.29, 1.82) is 0 Å². The zero-order valence-electron chi connectivity index (χ0n) is 5.97. The predicted molar refractivity (Wildman–Crippen MR) is 50.3 cm³/mol. The van der Waals surface area contributed by atoms with Gasteiger partial charge < -0.3 is 0 Å². The normalized spacial score (nSPS) is 9.40. The molecule has 0 nitrogen and oxygen atoms in total. The molecule has 10 heavy (non-hydrogen) atoms. The van der Waals surface area contributed by atoms with Crippen molar-refractivity contribution in [3.8, 4) is 0 Å². The van der Waals surface area contributed by atoms with Crippen LogP contribution in [0.2, 0.25) is 6.82 Å². The van der Waals surface area contributed by atoms with E-state index >= 15 is 0 Å². The second-order valence-electron chi connectivity index (χ2n) is 2.17. The monoisotopic (exact) mass is 195 g/mol. The van der Waals surface area contributed by atoms with E-state index in [0.717, 1.165) is 5.33 Å². The number of alkyl halides is 1. The maximum atomic E-state index is 3.41. The van der Waals surface area contributed by atoms with E-state index in [0.29, 0.717) is 0 Å². The fraction of sp³-hybridized carbons (Fsp3) is 0.250. The number of rotatable bonds is 2. The number of hydrogen-bond acceptors (Lipinski definition) is 0. The van der Waals surface area contributed by atoms with Crippen LogP contribution in [0.25, 0.3) is 0 Å². The molecule has 0 saturated carbocycles. The average Bonchev–Trinajstić information content (AvgIpc) is 2.05. The first-order valence-corrected chi connectivity index (χ1v) is 4.43. The van der Waals surface area contributed by atoms with Crippen molar-refractivity contribution in [2.45, 2.75) is 12.2 Å². The van der Waals surface area contributed by atoms with E-state index < -0.39 is 0 Å². The topological polar surface area (TPSA) is 0 Å². The standard InChI is InChI=1S/C8H9BBr/c1-9-8-4-2-3-7(5-8)6-10/h2-5H,6H2,1H3. The summed E-state index contributed by atoms with van der Waals surface area (Å²) in [5.41, 5.74) is 2.62. The van der Waals surface area contributed by atoms with E-state index in [4.69, 9.17) is 0 Å². The molecule has 0 aromatic heterocycles. The van der Waals surface area contributed by atoms with Crippen LogP contribution in [0.1, 0.15) is 5.56 Å². The maximum Gasteiger partial charge on any atom is 0.148 e. The summed E-state index contributed by atoms with van der Waals surface area (Å²) in [4.78, 5) is 0. The molecular weight excluding hydrogens is 187 g/mol. The van der Waals surface area contributed by atoms with Crippen molar-refractivity contribution in [3.63, 3.8) is 0 Å². The molecule has 0 fully saturated rings. The van der Waals surface area contributed by atoms with Crippen molar-refractivity contribution in [2.24, 2.45) is 0 Å². The number of benzene rings is 1. The molecule has 1 radical (unpaired) electrons. The smallest absolute Gasteiger partial charge is 0.0878 e. The predicted octanol–water partition coefficient (Wildman–Crippen LogP) is 1.96. The molecule has 0 saturated heterocycles. The largest absolute Gasteiger partial charge is 0.148 e. The van der Waals surface area contributed by atoms with Crippen LogP contribution in [0, 0.1) is 0 Å². The number of hydrogen-bond donors (Lipinski definition) is 0. The summed E-state index contributed by atoms with van der Waals surface area (Å²) >= 11 is 3.41. The Morgan fingerprint density at radius 1 is 1.50 bits per heavy atom. The Balaban J connectivity index is 2.87. The van der Waals surface area contributed by atoms with Crippen LogP contribution in [0.15, 0.2) is 24.3 Å². The van der Waals surface area contributed by atoms with Gasteiger partial charge >= 0.3 is 0 Å². The van der Waals surface area contributed by atoms with Crippen LogP contribution in [0.5, 0.6) is 0 Å². The van der Waals surface area contributed by atoms with Crippen LogP contribution < -0.4 is 5.46 Å². The lowest BCUT2D eigenvalue weighted by atomic mass is 9.73. The Hall–Kier alpha value is -0.235. The summed E-state index contributed by atoms with van der Waals surface area (Å²) in [7, 11) is 2.10. The highest BCUT2D eigenvalue weighted by Gasteiger charge is 1.91. The summed E-state index contributed by atoms with van der Waals surface area (Å²) in [5.74, 6) is 0. The second kappa shape index (κ2) is 3.82. The van der Waals surface area contributed by atoms with Crippen molar-refractivity contribution < 1.29 is 0 Å². The Morgan fingerprint density at radius 3 is 2.90 bits per heavy atom. The van der Waals surface area contributed by atoms with Gasteiger partial charge in [0.2, 0.25) is 0 Å². The highest BCUT2D eigenvalue weighted by molar-refractivity contribution is 9.08. The lowest BCUT2D eigenvalue weighted by Crippen LogP contribution is -2.09. The minimum atomic E-state index is 0.939. The summed E-state index contributed by atoms with van der Waals surface area (Å²) in [6.07, 6.45) is 0. The Bertz CT molecular complexity index is 191. The van der Waals surface area contributed by atoms with Gasteiger partial charge in [0, 0.05) is 5.33 Å². The van der Waals surface area contributed by atoms with Crippen molar-refractivity contribution in [1.82, 2.24) is 0 Å². The van der Waals surface area contributed by atoms with E-state index in [1.165, 1.54) is 11.0 Å². The lowest BCUT2D eigenvalue weighted by Gasteiger charge is -1.97. The van der Waals surface area contributed by atoms with Crippen LogP contribution in [0.4, 0.5) is 0 Å². The quantitative estimate of drug-likeness (QED) is 0.500. The molecule has 0 bridgehead atoms. The third kappa shape index (κ3) is 1.88. The van der Waals surface area contributed by atoms with Gasteiger partial charge in [-0.3, -0.25) is 0 Å². The fourth-order valence-corrected chi connectivity index (χ4v) is 1.20. The molecule has 0 aliphatic rings. The molecule has 0 atom stereocenters. The summed E-state index contributed by atoms with van der Waals surface area (Å²) in [6.45, 7) is 2.05. The third-order valence-corrected chi connectivity index (χ3v) is 2.09. The average molecular weight is 196 g/mol. The van der Waals surface area contributed by atoms with E-state index in [1.807, 2.05) is 6.82 Å². The fourth-order valence-electron chi connectivity index (χ4n) is 0.856. The molecule has 51 valence electrons. The molecule has 1 rings (SSSR count). The van der Waals surface area contributed by atoms with Gasteiger partial charge in [0.1, 0.15) is 7.28 Å². The van der Waals surface area contributed by atoms with Crippen LogP contribution in [0.3, 0.4) is 0 Å². The van der Waals surface area contributed by atoms with Gasteiger partial charge in [-0.1, -0.05) is 52.5 Å². The summed E-state index contributed by atoms with van der Waals surface area (Å²) in [5, 5.41) is 0.939. The van der Waals surface area contributed by atoms with Crippen LogP contribution in [-0.4, -0.2) is 7.28 Å². The van der Waals surface area contributed by atoms with Gasteiger partial charge in [0.25, 0.3) is 0 Å². The molecule has 0 unspecified atom stereocenters. The molecule has 2 heteroatoms. The summed E-state index contributed by atoms with van der Waals surface area (Å²) in [6, 6.07) is 8.47. The first-order chi connectivity index (χ1) is 4.86. The molecule has 1 aromatic carbocycles. The van der Waals surface area contributed by atoms with Crippen LogP contribution >= 0.6 is 15.9 Å². The van der Waals surface area contributed by atoms with Gasteiger partial charge in [-0.25, -0.2) is 0 Å². The lowest BCUT2D eigenvalue weighted by molar-refractivity contribution is 1.45. The van der Waals surface area contributed by atoms with Gasteiger partial charge in [-0.15, -0.1) is 0 Å². The SMILES string of the molecule is C[B]c1cccc(CBr)c1. The molecule has 0 heterocycles. The van der Waals surface area contributed by atoms with Crippen LogP contribution in [-0.2, 0) is 5.33 Å². The molecule has 1 aromatic rings. The molecule has 0 spiro atoms. The molecule has 0 aliphatic carbocycles. The Labute approximate surface area is 71.0 Å². The van der Waals surface area contributed by atoms with Crippen molar-refractivity contribution in [2.75, 3.05) is 0 Å². The van der Waals surface area contributed by atoms with Crippen molar-refractivity contribution >= 4 is 28.7 Å². The molecular formula is C8H9BBr. The Kier molecular flexibility index (Phi) is 3.00. The molecule has 0 aliphatic heterocycles. The molecule has 0 amide bonds. The second-order valence-corrected chi connectivity index (χ2v) is 2.73. The van der Waals surface area contributed by atoms with E-state index in [1.54, 1.807) is 0 Å². The van der Waals surface area contributed by atoms with E-state index in [-0.39, 0.29) is 0 Å². The van der Waals surface area contributed by atoms with Crippen molar-refractivity contribution in [3.05, 3.63) is 29.8 Å². The van der Waals surface area contributed by atoms with E-state index in [2.05, 4.69) is 47.5 Å². The first kappa shape index (κ1) is 7.87. The van der Waals surface area contributed by atoms with Gasteiger partial charge in [-0.05, 0) is 5.56 Å². The molecule has 0 N–H and O–H groups in total. The van der Waals surface area contributed by atoms with Gasteiger partial charge in [0.15, 0.2) is 0 Å². The highest BCUT2D eigenvalue weighted by Crippen LogP contribution is 2.01. The van der Waals surface area contributed by atoms with Gasteiger partial charge in [0.05, 0.1) is 0 Å². The zero-order chi connectivity index (χ0) is 7.40.